The zero-order valence-corrected chi connectivity index (χ0v) is 11.8. The highest BCUT2D eigenvalue weighted by molar-refractivity contribution is 9.11. The van der Waals surface area contributed by atoms with Gasteiger partial charge in [-0.25, -0.2) is 5.43 Å². The number of nitrogens with one attached hydrogen (secondary N) is 1. The van der Waals surface area contributed by atoms with E-state index in [2.05, 4.69) is 33.4 Å². The second-order valence-corrected chi connectivity index (χ2v) is 5.90. The fourth-order valence-corrected chi connectivity index (χ4v) is 2.43. The summed E-state index contributed by atoms with van der Waals surface area (Å²) in [6.45, 7) is 3.95. The molecule has 0 atom stereocenters. The number of halogens is 1. The highest BCUT2D eigenvalue weighted by atomic mass is 79.9. The quantitative estimate of drug-likeness (QED) is 0.656. The molecule has 0 fully saturated rings. The summed E-state index contributed by atoms with van der Waals surface area (Å²) in [6.07, 6.45) is 2.47. The lowest BCUT2D eigenvalue weighted by atomic mass is 10.2. The molecule has 0 bridgehead atoms. The molecule has 0 saturated carbocycles. The third-order valence-electron chi connectivity index (χ3n) is 2.04. The molecule has 0 aliphatic carbocycles. The maximum absolute atomic E-state index is 11.3. The molecular weight excluding hydrogens is 288 g/mol. The summed E-state index contributed by atoms with van der Waals surface area (Å²) >= 11 is 4.99. The van der Waals surface area contributed by atoms with Crippen molar-refractivity contribution < 1.29 is 4.79 Å². The lowest BCUT2D eigenvalue weighted by molar-refractivity contribution is -0.121. The van der Waals surface area contributed by atoms with Crippen molar-refractivity contribution in [3.8, 4) is 0 Å². The second kappa shape index (κ2) is 6.81. The molecule has 1 rings (SSSR count). The molecule has 0 spiro atoms. The Kier molecular flexibility index (Phi) is 5.69. The van der Waals surface area contributed by atoms with E-state index >= 15 is 0 Å². The topological polar surface area (TPSA) is 41.5 Å². The number of thiophene rings is 1. The van der Waals surface area contributed by atoms with Gasteiger partial charge in [-0.05, 0) is 41.4 Å². The largest absolute Gasteiger partial charge is 0.273 e. The molecule has 0 aliphatic heterocycles. The minimum Gasteiger partial charge on any atom is -0.273 e. The first-order valence-electron chi connectivity index (χ1n) is 5.22. The van der Waals surface area contributed by atoms with Crippen molar-refractivity contribution in [2.45, 2.75) is 33.1 Å². The fraction of sp³-hybridized carbons (Fsp3) is 0.455. The summed E-state index contributed by atoms with van der Waals surface area (Å²) in [4.78, 5) is 12.4. The van der Waals surface area contributed by atoms with Crippen molar-refractivity contribution in [3.05, 3.63) is 20.8 Å². The summed E-state index contributed by atoms with van der Waals surface area (Å²) in [5, 5.41) is 4.07. The van der Waals surface area contributed by atoms with Crippen LogP contribution < -0.4 is 5.43 Å². The number of carbonyl (C=O) groups excluding carboxylic acids is 1. The molecular formula is C11H15BrN2OS. The number of hydrazone groups is 1. The van der Waals surface area contributed by atoms with Crippen molar-refractivity contribution in [1.82, 2.24) is 5.43 Å². The predicted octanol–water partition coefficient (Wildman–Crippen LogP) is 3.54. The van der Waals surface area contributed by atoms with Gasteiger partial charge in [-0.2, -0.15) is 5.10 Å². The van der Waals surface area contributed by atoms with E-state index in [0.717, 1.165) is 27.2 Å². The normalized spacial score (nSPS) is 11.6. The molecule has 1 amide bonds. The monoisotopic (exact) mass is 302 g/mol. The highest BCUT2D eigenvalue weighted by Crippen LogP contribution is 2.22. The molecule has 0 saturated heterocycles. The minimum atomic E-state index is -0.0168. The third kappa shape index (κ3) is 4.45. The van der Waals surface area contributed by atoms with Crippen molar-refractivity contribution >= 4 is 38.9 Å². The number of hydrogen-bond donors (Lipinski definition) is 1. The smallest absolute Gasteiger partial charge is 0.240 e. The third-order valence-corrected chi connectivity index (χ3v) is 3.77. The zero-order chi connectivity index (χ0) is 12.0. The fourth-order valence-electron chi connectivity index (χ4n) is 1.10. The Morgan fingerprint density at radius 3 is 2.88 bits per heavy atom. The van der Waals surface area contributed by atoms with Gasteiger partial charge in [0.05, 0.1) is 14.4 Å². The van der Waals surface area contributed by atoms with Gasteiger partial charge in [-0.3, -0.25) is 4.79 Å². The van der Waals surface area contributed by atoms with E-state index < -0.39 is 0 Å². The van der Waals surface area contributed by atoms with Crippen LogP contribution in [-0.4, -0.2) is 11.6 Å². The maximum atomic E-state index is 11.3. The van der Waals surface area contributed by atoms with Crippen molar-refractivity contribution in [2.24, 2.45) is 5.10 Å². The Labute approximate surface area is 108 Å². The molecule has 1 heterocycles. The molecule has 0 unspecified atom stereocenters. The Balaban J connectivity index is 2.48. The maximum Gasteiger partial charge on any atom is 0.240 e. The first-order chi connectivity index (χ1) is 7.63. The lowest BCUT2D eigenvalue weighted by Gasteiger charge is -2.00. The molecule has 16 heavy (non-hydrogen) atoms. The Morgan fingerprint density at radius 1 is 1.56 bits per heavy atom. The Hall–Kier alpha value is -0.680. The van der Waals surface area contributed by atoms with Crippen molar-refractivity contribution in [3.63, 3.8) is 0 Å². The van der Waals surface area contributed by atoms with Crippen LogP contribution in [0.1, 0.15) is 38.0 Å². The van der Waals surface area contributed by atoms with Crippen LogP contribution in [0.2, 0.25) is 0 Å². The number of amides is 1. The van der Waals surface area contributed by atoms with Crippen molar-refractivity contribution in [1.29, 1.82) is 0 Å². The average molecular weight is 303 g/mol. The lowest BCUT2D eigenvalue weighted by Crippen LogP contribution is -2.18. The van der Waals surface area contributed by atoms with Crippen LogP contribution in [0.3, 0.4) is 0 Å². The molecule has 0 radical (unpaired) electrons. The van der Waals surface area contributed by atoms with Crippen LogP contribution in [0, 0.1) is 0 Å². The van der Waals surface area contributed by atoms with Crippen LogP contribution in [-0.2, 0) is 4.79 Å². The average Bonchev–Trinajstić information content (AvgIpc) is 2.69. The molecule has 3 nitrogen and oxygen atoms in total. The molecule has 88 valence electrons. The Bertz CT molecular complexity index is 387. The first kappa shape index (κ1) is 13.4. The van der Waals surface area contributed by atoms with Crippen molar-refractivity contribution in [2.75, 3.05) is 0 Å². The predicted molar refractivity (Wildman–Crippen MR) is 71.9 cm³/mol. The molecule has 1 N–H and O–H groups in total. The van der Waals surface area contributed by atoms with Gasteiger partial charge in [-0.15, -0.1) is 11.3 Å². The standard InChI is InChI=1S/C11H15BrN2OS/c1-3-4-5-11(15)14-13-8(2)9-6-7-10(12)16-9/h6-7H,3-5H2,1-2H3,(H,14,15)/b13-8+. The summed E-state index contributed by atoms with van der Waals surface area (Å²) < 4.78 is 1.06. The van der Waals surface area contributed by atoms with E-state index in [1.165, 1.54) is 0 Å². The van der Waals surface area contributed by atoms with Gasteiger partial charge < -0.3 is 0 Å². The van der Waals surface area contributed by atoms with E-state index in [4.69, 9.17) is 0 Å². The van der Waals surface area contributed by atoms with Gasteiger partial charge in [0.2, 0.25) is 5.91 Å². The van der Waals surface area contributed by atoms with Crippen LogP contribution in [0.4, 0.5) is 0 Å². The molecule has 0 aliphatic rings. The number of rotatable bonds is 5. The van der Waals surface area contributed by atoms with E-state index in [1.807, 2.05) is 19.1 Å². The number of unbranched alkanes of at least 4 members (excludes halogenated alkanes) is 1. The second-order valence-electron chi connectivity index (χ2n) is 3.44. The van der Waals surface area contributed by atoms with Gasteiger partial charge in [0.25, 0.3) is 0 Å². The van der Waals surface area contributed by atoms with Crippen LogP contribution in [0.15, 0.2) is 21.0 Å². The molecule has 1 aromatic heterocycles. The number of carbonyl (C=O) groups is 1. The van der Waals surface area contributed by atoms with E-state index in [9.17, 15) is 4.79 Å². The first-order valence-corrected chi connectivity index (χ1v) is 6.83. The number of nitrogens with zero attached hydrogens (tertiary/aromatic N) is 1. The SMILES string of the molecule is CCCCC(=O)N/N=C(\C)c1ccc(Br)s1. The van der Waals surface area contributed by atoms with Gasteiger partial charge in [0, 0.05) is 6.42 Å². The van der Waals surface area contributed by atoms with Crippen LogP contribution in [0.25, 0.3) is 0 Å². The molecule has 0 aromatic carbocycles. The van der Waals surface area contributed by atoms with Crippen LogP contribution >= 0.6 is 27.3 Å². The Morgan fingerprint density at radius 2 is 2.31 bits per heavy atom. The summed E-state index contributed by atoms with van der Waals surface area (Å²) in [5.74, 6) is -0.0168. The summed E-state index contributed by atoms with van der Waals surface area (Å²) in [6, 6.07) is 3.95. The number of hydrogen-bond acceptors (Lipinski definition) is 3. The van der Waals surface area contributed by atoms with Crippen LogP contribution in [0.5, 0.6) is 0 Å². The van der Waals surface area contributed by atoms with E-state index in [0.29, 0.717) is 6.42 Å². The van der Waals surface area contributed by atoms with Gasteiger partial charge in [0.1, 0.15) is 0 Å². The van der Waals surface area contributed by atoms with Gasteiger partial charge in [0.15, 0.2) is 0 Å². The van der Waals surface area contributed by atoms with Gasteiger partial charge >= 0.3 is 0 Å². The zero-order valence-electron chi connectivity index (χ0n) is 9.42. The minimum absolute atomic E-state index is 0.0168. The molecule has 5 heteroatoms. The van der Waals surface area contributed by atoms with E-state index in [-0.39, 0.29) is 5.91 Å². The molecule has 1 aromatic rings. The van der Waals surface area contributed by atoms with Gasteiger partial charge in [-0.1, -0.05) is 13.3 Å². The highest BCUT2D eigenvalue weighted by Gasteiger charge is 2.02. The summed E-state index contributed by atoms with van der Waals surface area (Å²) in [7, 11) is 0. The van der Waals surface area contributed by atoms with E-state index in [1.54, 1.807) is 11.3 Å². The summed E-state index contributed by atoms with van der Waals surface area (Å²) in [5.41, 5.74) is 3.40.